The van der Waals surface area contributed by atoms with Gasteiger partial charge in [0.2, 0.25) is 0 Å². The number of rotatable bonds is 6. The molecule has 5 nitrogen and oxygen atoms in total. The first-order valence-electron chi connectivity index (χ1n) is 8.47. The fourth-order valence-corrected chi connectivity index (χ4v) is 3.79. The molecule has 2 heterocycles. The number of aryl methyl sites for hydroxylation is 1. The maximum absolute atomic E-state index is 12.7. The van der Waals surface area contributed by atoms with Crippen molar-refractivity contribution in [1.82, 2.24) is 19.9 Å². The fraction of sp³-hybridized carbons (Fsp3) is 0.316. The van der Waals surface area contributed by atoms with Gasteiger partial charge in [0, 0.05) is 31.2 Å². The number of nitrogens with zero attached hydrogens (tertiary/aromatic N) is 3. The average Bonchev–Trinajstić information content (AvgIpc) is 3.21. The number of amides is 1. The van der Waals surface area contributed by atoms with E-state index < -0.39 is 0 Å². The molecule has 0 aliphatic heterocycles. The molecule has 128 valence electrons. The second-order valence-corrected chi connectivity index (χ2v) is 7.42. The quantitative estimate of drug-likeness (QED) is 0.740. The van der Waals surface area contributed by atoms with Gasteiger partial charge in [-0.3, -0.25) is 4.79 Å². The lowest BCUT2D eigenvalue weighted by atomic mass is 10.1. The Kier molecular flexibility index (Phi) is 4.36. The van der Waals surface area contributed by atoms with Gasteiger partial charge < -0.3 is 9.88 Å². The van der Waals surface area contributed by atoms with E-state index in [1.54, 1.807) is 6.20 Å². The maximum Gasteiger partial charge on any atom is 0.271 e. The minimum Gasteiger partial charge on any atom is -0.340 e. The molecule has 1 amide bonds. The predicted octanol–water partition coefficient (Wildman–Crippen LogP) is 3.35. The highest BCUT2D eigenvalue weighted by Crippen LogP contribution is 2.40. The first-order chi connectivity index (χ1) is 12.2. The Hall–Kier alpha value is -2.47. The van der Waals surface area contributed by atoms with Crippen LogP contribution in [0.3, 0.4) is 0 Å². The molecule has 3 aromatic rings. The molecule has 1 N–H and O–H groups in total. The average molecular weight is 352 g/mol. The summed E-state index contributed by atoms with van der Waals surface area (Å²) in [5.74, 6) is 1.28. The van der Waals surface area contributed by atoms with Crippen LogP contribution in [-0.4, -0.2) is 20.4 Å². The molecular formula is C19H20N4OS. The van der Waals surface area contributed by atoms with Gasteiger partial charge in [0.15, 0.2) is 0 Å². The smallest absolute Gasteiger partial charge is 0.271 e. The van der Waals surface area contributed by atoms with E-state index in [0.29, 0.717) is 11.6 Å². The zero-order valence-electron chi connectivity index (χ0n) is 14.1. The second kappa shape index (κ2) is 6.80. The third-order valence-corrected chi connectivity index (χ3v) is 5.35. The van der Waals surface area contributed by atoms with E-state index in [0.717, 1.165) is 30.1 Å². The van der Waals surface area contributed by atoms with Crippen LogP contribution in [0.5, 0.6) is 0 Å². The Morgan fingerprint density at radius 2 is 2.16 bits per heavy atom. The molecule has 4 rings (SSSR count). The maximum atomic E-state index is 12.7. The summed E-state index contributed by atoms with van der Waals surface area (Å²) >= 11 is 1.53. The summed E-state index contributed by atoms with van der Waals surface area (Å²) in [6.07, 6.45) is 6.71. The minimum atomic E-state index is -0.115. The highest BCUT2D eigenvalue weighted by molar-refractivity contribution is 7.09. The number of carbonyl (C=O) groups is 1. The number of thiazole rings is 1. The first-order valence-corrected chi connectivity index (χ1v) is 9.35. The van der Waals surface area contributed by atoms with Crippen molar-refractivity contribution in [2.45, 2.75) is 25.3 Å². The molecule has 1 aliphatic carbocycles. The molecule has 1 aromatic carbocycles. The highest BCUT2D eigenvalue weighted by atomic mass is 32.1. The van der Waals surface area contributed by atoms with Crippen molar-refractivity contribution in [2.24, 2.45) is 13.0 Å². The summed E-state index contributed by atoms with van der Waals surface area (Å²) in [5.41, 5.74) is 1.70. The van der Waals surface area contributed by atoms with E-state index in [1.165, 1.54) is 16.9 Å². The van der Waals surface area contributed by atoms with Gasteiger partial charge in [-0.05, 0) is 24.3 Å². The minimum absolute atomic E-state index is 0.0354. The van der Waals surface area contributed by atoms with Crippen molar-refractivity contribution in [3.8, 4) is 0 Å². The lowest BCUT2D eigenvalue weighted by Gasteiger charge is -2.17. The van der Waals surface area contributed by atoms with Crippen molar-refractivity contribution in [2.75, 3.05) is 0 Å². The molecule has 25 heavy (non-hydrogen) atoms. The van der Waals surface area contributed by atoms with E-state index in [1.807, 2.05) is 41.4 Å². The van der Waals surface area contributed by atoms with Crippen molar-refractivity contribution < 1.29 is 4.79 Å². The molecule has 2 aromatic heterocycles. The van der Waals surface area contributed by atoms with Crippen molar-refractivity contribution in [3.63, 3.8) is 0 Å². The summed E-state index contributed by atoms with van der Waals surface area (Å²) in [6, 6.07) is 10.1. The van der Waals surface area contributed by atoms with Crippen LogP contribution in [0.25, 0.3) is 0 Å². The summed E-state index contributed by atoms with van der Waals surface area (Å²) in [6.45, 7) is 0. The van der Waals surface area contributed by atoms with Crippen molar-refractivity contribution in [1.29, 1.82) is 0 Å². The van der Waals surface area contributed by atoms with Crippen LogP contribution in [0.15, 0.2) is 48.1 Å². The van der Waals surface area contributed by atoms with Crippen LogP contribution >= 0.6 is 11.3 Å². The van der Waals surface area contributed by atoms with Gasteiger partial charge in [-0.1, -0.05) is 30.3 Å². The van der Waals surface area contributed by atoms with Gasteiger partial charge in [-0.25, -0.2) is 9.97 Å². The topological polar surface area (TPSA) is 59.8 Å². The Bertz CT molecular complexity index is 866. The largest absolute Gasteiger partial charge is 0.340 e. The Morgan fingerprint density at radius 1 is 1.36 bits per heavy atom. The standard InChI is InChI=1S/C19H20N4OS/c1-23-10-9-20-18(23)17(14-7-8-14)22-19(24)15-12-25-16(21-15)11-13-5-3-2-4-6-13/h2-6,9-10,12,14,17H,7-8,11H2,1H3,(H,22,24)/t17-/m0/s1. The number of benzene rings is 1. The lowest BCUT2D eigenvalue weighted by molar-refractivity contribution is 0.0924. The van der Waals surface area contributed by atoms with Gasteiger partial charge in [-0.15, -0.1) is 11.3 Å². The summed E-state index contributed by atoms with van der Waals surface area (Å²) < 4.78 is 1.98. The zero-order valence-corrected chi connectivity index (χ0v) is 14.9. The first kappa shape index (κ1) is 16.0. The SMILES string of the molecule is Cn1ccnc1[C@@H](NC(=O)c1csc(Cc2ccccc2)n1)C1CC1. The van der Waals surface area contributed by atoms with E-state index >= 15 is 0 Å². The molecule has 1 fully saturated rings. The summed E-state index contributed by atoms with van der Waals surface area (Å²) in [5, 5.41) is 5.94. The van der Waals surface area contributed by atoms with Crippen LogP contribution in [-0.2, 0) is 13.5 Å². The van der Waals surface area contributed by atoms with Crippen LogP contribution in [0, 0.1) is 5.92 Å². The Labute approximate surface area is 150 Å². The number of nitrogens with one attached hydrogen (secondary N) is 1. The zero-order chi connectivity index (χ0) is 17.2. The van der Waals surface area contributed by atoms with Gasteiger partial charge in [0.05, 0.1) is 11.0 Å². The van der Waals surface area contributed by atoms with Crippen LogP contribution in [0.4, 0.5) is 0 Å². The van der Waals surface area contributed by atoms with E-state index in [-0.39, 0.29) is 11.9 Å². The third kappa shape index (κ3) is 3.64. The highest BCUT2D eigenvalue weighted by Gasteiger charge is 2.36. The molecule has 1 aliphatic rings. The van der Waals surface area contributed by atoms with Crippen molar-refractivity contribution in [3.05, 3.63) is 70.2 Å². The Balaban J connectivity index is 1.46. The molecule has 0 radical (unpaired) electrons. The summed E-state index contributed by atoms with van der Waals surface area (Å²) in [4.78, 5) is 21.6. The molecule has 0 spiro atoms. The molecule has 1 saturated carbocycles. The molecular weight excluding hydrogens is 332 g/mol. The van der Waals surface area contributed by atoms with Gasteiger partial charge in [0.25, 0.3) is 5.91 Å². The summed E-state index contributed by atoms with van der Waals surface area (Å²) in [7, 11) is 1.96. The third-order valence-electron chi connectivity index (χ3n) is 4.50. The molecule has 0 saturated heterocycles. The molecule has 1 atom stereocenters. The Morgan fingerprint density at radius 3 is 2.84 bits per heavy atom. The van der Waals surface area contributed by atoms with Crippen LogP contribution in [0.2, 0.25) is 0 Å². The number of imidazole rings is 1. The number of hydrogen-bond donors (Lipinski definition) is 1. The second-order valence-electron chi connectivity index (χ2n) is 6.47. The monoisotopic (exact) mass is 352 g/mol. The molecule has 6 heteroatoms. The van der Waals surface area contributed by atoms with Gasteiger partial charge in [-0.2, -0.15) is 0 Å². The van der Waals surface area contributed by atoms with E-state index in [4.69, 9.17) is 0 Å². The normalized spacial score (nSPS) is 15.1. The van der Waals surface area contributed by atoms with Gasteiger partial charge >= 0.3 is 0 Å². The fourth-order valence-electron chi connectivity index (χ4n) is 2.98. The van der Waals surface area contributed by atoms with E-state index in [2.05, 4.69) is 27.4 Å². The number of carbonyl (C=O) groups excluding carboxylic acids is 1. The van der Waals surface area contributed by atoms with Crippen LogP contribution in [0.1, 0.15) is 45.8 Å². The number of hydrogen-bond acceptors (Lipinski definition) is 4. The van der Waals surface area contributed by atoms with Crippen LogP contribution < -0.4 is 5.32 Å². The lowest BCUT2D eigenvalue weighted by Crippen LogP contribution is -2.31. The van der Waals surface area contributed by atoms with Gasteiger partial charge in [0.1, 0.15) is 11.5 Å². The molecule has 0 bridgehead atoms. The van der Waals surface area contributed by atoms with Crippen molar-refractivity contribution >= 4 is 17.2 Å². The number of aromatic nitrogens is 3. The molecule has 0 unspecified atom stereocenters. The predicted molar refractivity (Wildman–Crippen MR) is 97.5 cm³/mol. The van der Waals surface area contributed by atoms with E-state index in [9.17, 15) is 4.79 Å².